The third-order valence-corrected chi connectivity index (χ3v) is 6.36. The zero-order valence-electron chi connectivity index (χ0n) is 18.1. The first-order valence-electron chi connectivity index (χ1n) is 11.0. The van der Waals surface area contributed by atoms with Crippen molar-refractivity contribution in [2.24, 2.45) is 13.0 Å². The highest BCUT2D eigenvalue weighted by Gasteiger charge is 2.30. The number of aryl methyl sites for hydroxylation is 2. The van der Waals surface area contributed by atoms with Crippen molar-refractivity contribution in [3.8, 4) is 17.3 Å². The number of hydrogen-bond donors (Lipinski definition) is 0. The summed E-state index contributed by atoms with van der Waals surface area (Å²) in [6.45, 7) is 2.25. The number of ether oxygens (including phenoxy) is 1. The van der Waals surface area contributed by atoms with E-state index >= 15 is 0 Å². The van der Waals surface area contributed by atoms with Gasteiger partial charge in [-0.25, -0.2) is 0 Å². The molecule has 2 aliphatic rings. The summed E-state index contributed by atoms with van der Waals surface area (Å²) in [6.07, 6.45) is 6.37. The number of carbonyl (C=O) groups excluding carboxylic acids is 1. The van der Waals surface area contributed by atoms with Crippen molar-refractivity contribution in [3.05, 3.63) is 47.4 Å². The van der Waals surface area contributed by atoms with Crippen molar-refractivity contribution < 1.29 is 9.53 Å². The van der Waals surface area contributed by atoms with E-state index in [1.54, 1.807) is 13.4 Å². The van der Waals surface area contributed by atoms with Crippen LogP contribution in [0.15, 0.2) is 30.6 Å². The molecule has 0 N–H and O–H groups in total. The average molecular weight is 421 g/mol. The van der Waals surface area contributed by atoms with Crippen LogP contribution in [0.25, 0.3) is 11.5 Å². The van der Waals surface area contributed by atoms with E-state index in [2.05, 4.69) is 14.8 Å². The molecule has 162 valence electrons. The van der Waals surface area contributed by atoms with E-state index in [1.165, 1.54) is 18.5 Å². The Morgan fingerprint density at radius 1 is 1.23 bits per heavy atom. The molecule has 0 radical (unpaired) electrons. The molecule has 2 aromatic heterocycles. The first kappa shape index (κ1) is 19.8. The summed E-state index contributed by atoms with van der Waals surface area (Å²) >= 11 is 0. The number of amides is 1. The quantitative estimate of drug-likeness (QED) is 0.587. The molecule has 3 aromatic rings. The van der Waals surface area contributed by atoms with Gasteiger partial charge in [0.2, 0.25) is 5.91 Å². The maximum absolute atomic E-state index is 13.0. The predicted octanol–water partition coefficient (Wildman–Crippen LogP) is 2.61. The fourth-order valence-electron chi connectivity index (χ4n) is 4.34. The number of carbonyl (C=O) groups is 1. The summed E-state index contributed by atoms with van der Waals surface area (Å²) < 4.78 is 9.27. The Bertz CT molecular complexity index is 1080. The van der Waals surface area contributed by atoms with Crippen molar-refractivity contribution in [1.29, 1.82) is 0 Å². The van der Waals surface area contributed by atoms with Gasteiger partial charge in [0.1, 0.15) is 17.8 Å². The Morgan fingerprint density at radius 2 is 2.03 bits per heavy atom. The predicted molar refractivity (Wildman–Crippen MR) is 115 cm³/mol. The first-order valence-corrected chi connectivity index (χ1v) is 11.0. The second kappa shape index (κ2) is 8.17. The Hall–Kier alpha value is -3.16. The number of aromatic nitrogens is 5. The van der Waals surface area contributed by atoms with Gasteiger partial charge < -0.3 is 14.2 Å². The highest BCUT2D eigenvalue weighted by atomic mass is 16.5. The lowest BCUT2D eigenvalue weighted by atomic mass is 10.0. The van der Waals surface area contributed by atoms with Crippen LogP contribution in [0.4, 0.5) is 0 Å². The minimum Gasteiger partial charge on any atom is -0.497 e. The molecule has 1 aromatic carbocycles. The second-order valence-corrected chi connectivity index (χ2v) is 8.56. The molecule has 0 saturated heterocycles. The lowest BCUT2D eigenvalue weighted by Crippen LogP contribution is -2.36. The number of hydrogen-bond acceptors (Lipinski definition) is 5. The van der Waals surface area contributed by atoms with Gasteiger partial charge in [-0.05, 0) is 42.9 Å². The van der Waals surface area contributed by atoms with Gasteiger partial charge in [0.05, 0.1) is 7.11 Å². The molecule has 0 spiro atoms. The number of fused-ring (bicyclic) bond motifs is 1. The lowest BCUT2D eigenvalue weighted by Gasteiger charge is -2.28. The Morgan fingerprint density at radius 3 is 2.77 bits per heavy atom. The molecule has 1 aliphatic heterocycles. The molecule has 0 atom stereocenters. The molecule has 0 unspecified atom stereocenters. The van der Waals surface area contributed by atoms with Gasteiger partial charge in [0.15, 0.2) is 5.82 Å². The van der Waals surface area contributed by atoms with E-state index < -0.39 is 0 Å². The van der Waals surface area contributed by atoms with Gasteiger partial charge in [0.25, 0.3) is 0 Å². The molecule has 1 amide bonds. The van der Waals surface area contributed by atoms with Gasteiger partial charge in [-0.3, -0.25) is 9.48 Å². The van der Waals surface area contributed by atoms with Gasteiger partial charge in [-0.15, -0.1) is 10.2 Å². The van der Waals surface area contributed by atoms with E-state index in [9.17, 15) is 4.79 Å². The zero-order chi connectivity index (χ0) is 21.4. The smallest absolute Gasteiger partial charge is 0.223 e. The van der Waals surface area contributed by atoms with Crippen LogP contribution >= 0.6 is 0 Å². The molecular weight excluding hydrogens is 392 g/mol. The minimum atomic E-state index is 0.177. The summed E-state index contributed by atoms with van der Waals surface area (Å²) in [5.41, 5.74) is 4.30. The summed E-state index contributed by atoms with van der Waals surface area (Å²) in [5, 5.41) is 13.3. The zero-order valence-corrected chi connectivity index (χ0v) is 18.1. The monoisotopic (exact) mass is 420 g/mol. The van der Waals surface area contributed by atoms with Crippen molar-refractivity contribution in [3.63, 3.8) is 0 Å². The van der Waals surface area contributed by atoms with Crippen LogP contribution in [-0.4, -0.2) is 49.0 Å². The number of methoxy groups -OCH3 is 1. The third kappa shape index (κ3) is 4.06. The Kier molecular flexibility index (Phi) is 5.21. The highest BCUT2D eigenvalue weighted by Crippen LogP contribution is 2.33. The van der Waals surface area contributed by atoms with Crippen molar-refractivity contribution in [2.45, 2.75) is 45.2 Å². The minimum absolute atomic E-state index is 0.177. The standard InChI is InChI=1S/C23H28N6O2/c1-27-20-11-12-28(21(30)10-7-16-5-8-18(31-2)9-6-16)14-19(20)22(26-27)23-25-24-15-29(23)13-17-3-4-17/h5-6,8-9,15,17H,3-4,7,10-14H2,1-2H3. The third-order valence-electron chi connectivity index (χ3n) is 6.36. The molecule has 3 heterocycles. The summed E-state index contributed by atoms with van der Waals surface area (Å²) in [4.78, 5) is 14.9. The van der Waals surface area contributed by atoms with Crippen LogP contribution in [0.3, 0.4) is 0 Å². The lowest BCUT2D eigenvalue weighted by molar-refractivity contribution is -0.132. The van der Waals surface area contributed by atoms with Crippen LogP contribution in [0.1, 0.15) is 36.1 Å². The van der Waals surface area contributed by atoms with Crippen molar-refractivity contribution in [2.75, 3.05) is 13.7 Å². The number of benzene rings is 1. The van der Waals surface area contributed by atoms with Gasteiger partial charge in [0, 0.05) is 50.8 Å². The van der Waals surface area contributed by atoms with E-state index in [0.29, 0.717) is 13.0 Å². The molecule has 8 nitrogen and oxygen atoms in total. The van der Waals surface area contributed by atoms with Crippen molar-refractivity contribution >= 4 is 5.91 Å². The number of nitrogens with zero attached hydrogens (tertiary/aromatic N) is 6. The molecule has 31 heavy (non-hydrogen) atoms. The van der Waals surface area contributed by atoms with Crippen molar-refractivity contribution in [1.82, 2.24) is 29.4 Å². The molecule has 0 bridgehead atoms. The maximum atomic E-state index is 13.0. The summed E-state index contributed by atoms with van der Waals surface area (Å²) in [5.74, 6) is 2.55. The van der Waals surface area contributed by atoms with Gasteiger partial charge >= 0.3 is 0 Å². The Labute approximate surface area is 181 Å². The van der Waals surface area contributed by atoms with E-state index in [0.717, 1.165) is 60.2 Å². The molecule has 8 heteroatoms. The maximum Gasteiger partial charge on any atom is 0.223 e. The van der Waals surface area contributed by atoms with E-state index in [-0.39, 0.29) is 5.91 Å². The SMILES string of the molecule is COc1ccc(CCC(=O)N2CCc3c(c(-c4nncn4CC4CC4)nn3C)C2)cc1. The molecule has 1 fully saturated rings. The molecule has 5 rings (SSSR count). The van der Waals surface area contributed by atoms with Crippen LogP contribution in [0.5, 0.6) is 5.75 Å². The van der Waals surface area contributed by atoms with Crippen LogP contribution in [0, 0.1) is 5.92 Å². The largest absolute Gasteiger partial charge is 0.497 e. The first-order chi connectivity index (χ1) is 15.1. The fourth-order valence-corrected chi connectivity index (χ4v) is 4.34. The molecule has 1 saturated carbocycles. The normalized spacial score (nSPS) is 15.7. The van der Waals surface area contributed by atoms with Crippen LogP contribution in [0.2, 0.25) is 0 Å². The van der Waals surface area contributed by atoms with E-state index in [1.807, 2.05) is 40.9 Å². The topological polar surface area (TPSA) is 78.1 Å². The fraction of sp³-hybridized carbons (Fsp3) is 0.478. The number of rotatable bonds is 7. The summed E-state index contributed by atoms with van der Waals surface area (Å²) in [6, 6.07) is 7.91. The van der Waals surface area contributed by atoms with E-state index in [4.69, 9.17) is 9.84 Å². The average Bonchev–Trinajstić information content (AvgIpc) is 3.40. The van der Waals surface area contributed by atoms with Gasteiger partial charge in [-0.1, -0.05) is 12.1 Å². The Balaban J connectivity index is 1.30. The second-order valence-electron chi connectivity index (χ2n) is 8.56. The molecular formula is C23H28N6O2. The summed E-state index contributed by atoms with van der Waals surface area (Å²) in [7, 11) is 3.63. The van der Waals surface area contributed by atoms with Crippen LogP contribution < -0.4 is 4.74 Å². The van der Waals surface area contributed by atoms with Crippen LogP contribution in [-0.2, 0) is 37.8 Å². The molecule has 1 aliphatic carbocycles. The highest BCUT2D eigenvalue weighted by molar-refractivity contribution is 5.77. The van der Waals surface area contributed by atoms with Gasteiger partial charge in [-0.2, -0.15) is 5.10 Å².